The number of fused-ring (bicyclic) bond motifs is 1. The maximum absolute atomic E-state index is 13.0. The van der Waals surface area contributed by atoms with E-state index in [1.54, 1.807) is 30.3 Å². The zero-order valence-electron chi connectivity index (χ0n) is 14.4. The van der Waals surface area contributed by atoms with Gasteiger partial charge in [0.25, 0.3) is 0 Å². The first-order valence-electron chi connectivity index (χ1n) is 8.14. The molecule has 0 amide bonds. The first-order chi connectivity index (χ1) is 12.6. The molecule has 3 rings (SSSR count). The van der Waals surface area contributed by atoms with Gasteiger partial charge in [-0.3, -0.25) is 4.79 Å². The average molecular weight is 346 g/mol. The molecule has 1 aliphatic carbocycles. The van der Waals surface area contributed by atoms with Gasteiger partial charge in [0.1, 0.15) is 12.0 Å². The summed E-state index contributed by atoms with van der Waals surface area (Å²) in [5.41, 5.74) is 2.86. The summed E-state index contributed by atoms with van der Waals surface area (Å²) in [6, 6.07) is 6.67. The van der Waals surface area contributed by atoms with Crippen LogP contribution in [0.15, 0.2) is 82.3 Å². The van der Waals surface area contributed by atoms with Gasteiger partial charge in [0.05, 0.1) is 18.2 Å². The number of carbonyl (C=O) groups is 1. The van der Waals surface area contributed by atoms with Gasteiger partial charge in [0.2, 0.25) is 0 Å². The Morgan fingerprint density at radius 3 is 2.62 bits per heavy atom. The van der Waals surface area contributed by atoms with Crippen LogP contribution in [-0.4, -0.2) is 13.1 Å². The van der Waals surface area contributed by atoms with E-state index in [-0.39, 0.29) is 5.43 Å². The summed E-state index contributed by atoms with van der Waals surface area (Å²) in [4.78, 5) is 24.5. The van der Waals surface area contributed by atoms with Crippen molar-refractivity contribution in [1.29, 1.82) is 0 Å². The summed E-state index contributed by atoms with van der Waals surface area (Å²) in [6.07, 6.45) is 13.0. The first-order valence-corrected chi connectivity index (χ1v) is 8.14. The van der Waals surface area contributed by atoms with Gasteiger partial charge < -0.3 is 9.15 Å². The molecule has 0 atom stereocenters. The molecule has 1 aliphatic rings. The largest absolute Gasteiger partial charge is 0.465 e. The molecule has 0 spiro atoms. The minimum absolute atomic E-state index is 0.0958. The molecule has 1 aromatic carbocycles. The van der Waals surface area contributed by atoms with Gasteiger partial charge in [-0.2, -0.15) is 0 Å². The van der Waals surface area contributed by atoms with E-state index in [2.05, 4.69) is 11.3 Å². The zero-order valence-corrected chi connectivity index (χ0v) is 14.4. The number of hydrogen-bond donors (Lipinski definition) is 0. The second-order valence-corrected chi connectivity index (χ2v) is 5.79. The first kappa shape index (κ1) is 17.4. The van der Waals surface area contributed by atoms with Gasteiger partial charge in [0.15, 0.2) is 5.43 Å². The summed E-state index contributed by atoms with van der Waals surface area (Å²) in [5, 5.41) is 0. The minimum atomic E-state index is -0.419. The lowest BCUT2D eigenvalue weighted by Crippen LogP contribution is -2.13. The molecule has 2 aromatic rings. The zero-order chi connectivity index (χ0) is 18.5. The van der Waals surface area contributed by atoms with E-state index in [0.29, 0.717) is 34.4 Å². The lowest BCUT2D eigenvalue weighted by molar-refractivity contribution is 0.0601. The minimum Gasteiger partial charge on any atom is -0.465 e. The van der Waals surface area contributed by atoms with E-state index < -0.39 is 5.97 Å². The van der Waals surface area contributed by atoms with Crippen molar-refractivity contribution >= 4 is 12.0 Å². The van der Waals surface area contributed by atoms with E-state index in [1.165, 1.54) is 13.4 Å². The van der Waals surface area contributed by atoms with E-state index in [4.69, 9.17) is 4.42 Å². The van der Waals surface area contributed by atoms with Gasteiger partial charge >= 0.3 is 5.97 Å². The van der Waals surface area contributed by atoms with Crippen LogP contribution in [-0.2, 0) is 11.2 Å². The molecule has 1 heterocycles. The molecular weight excluding hydrogens is 328 g/mol. The number of rotatable bonds is 2. The van der Waals surface area contributed by atoms with Crippen LogP contribution < -0.4 is 5.43 Å². The van der Waals surface area contributed by atoms with Crippen LogP contribution in [0.5, 0.6) is 0 Å². The lowest BCUT2D eigenvalue weighted by Gasteiger charge is -2.07. The standard InChI is InChI=1S/C22H18O4/c1-15-6-4-3-5-7-18-20(13-8-15)26-14-19(21(18)23)16-9-11-17(12-10-16)22(24)25-2/h3-6,8-14H,1,7H2,2H3/b5-3-,6-4-,13-8?. The van der Waals surface area contributed by atoms with Gasteiger partial charge in [-0.1, -0.05) is 49.1 Å². The summed E-state index contributed by atoms with van der Waals surface area (Å²) in [6.45, 7) is 3.91. The highest BCUT2D eigenvalue weighted by Gasteiger charge is 2.14. The SMILES string of the molecule is C=C1C=Cc2occ(-c3ccc(C(=O)OC)cc3)c(=O)c2C/C=C\C=C/1. The van der Waals surface area contributed by atoms with Crippen molar-refractivity contribution in [3.8, 4) is 11.1 Å². The summed E-state index contributed by atoms with van der Waals surface area (Å²) in [7, 11) is 1.33. The van der Waals surface area contributed by atoms with Crippen molar-refractivity contribution in [3.63, 3.8) is 0 Å². The summed E-state index contributed by atoms with van der Waals surface area (Å²) in [5.74, 6) is 0.101. The Morgan fingerprint density at radius 1 is 1.12 bits per heavy atom. The molecule has 0 saturated carbocycles. The van der Waals surface area contributed by atoms with E-state index in [9.17, 15) is 9.59 Å². The molecule has 130 valence electrons. The highest BCUT2D eigenvalue weighted by atomic mass is 16.5. The molecule has 0 fully saturated rings. The predicted octanol–water partition coefficient (Wildman–Crippen LogP) is 4.33. The Labute approximate surface area is 151 Å². The number of hydrogen-bond acceptors (Lipinski definition) is 4. The van der Waals surface area contributed by atoms with Gasteiger partial charge in [-0.05, 0) is 35.8 Å². The van der Waals surface area contributed by atoms with E-state index >= 15 is 0 Å². The topological polar surface area (TPSA) is 56.5 Å². The fourth-order valence-electron chi connectivity index (χ4n) is 2.64. The van der Waals surface area contributed by atoms with Crippen molar-refractivity contribution in [3.05, 3.63) is 100 Å². The second kappa shape index (κ2) is 7.66. The molecule has 1 aromatic heterocycles. The normalized spacial score (nSPS) is 15.8. The van der Waals surface area contributed by atoms with Crippen LogP contribution in [0.25, 0.3) is 17.2 Å². The third kappa shape index (κ3) is 3.64. The summed E-state index contributed by atoms with van der Waals surface area (Å²) >= 11 is 0. The molecular formula is C22H18O4. The maximum atomic E-state index is 13.0. The number of ether oxygens (including phenoxy) is 1. The van der Waals surface area contributed by atoms with Crippen molar-refractivity contribution in [2.75, 3.05) is 7.11 Å². The van der Waals surface area contributed by atoms with E-state index in [1.807, 2.05) is 30.4 Å². The van der Waals surface area contributed by atoms with Crippen LogP contribution in [0, 0.1) is 0 Å². The van der Waals surface area contributed by atoms with Crippen molar-refractivity contribution in [1.82, 2.24) is 0 Å². The molecule has 0 radical (unpaired) electrons. The molecule has 0 unspecified atom stereocenters. The second-order valence-electron chi connectivity index (χ2n) is 5.79. The third-order valence-electron chi connectivity index (χ3n) is 4.07. The Bertz CT molecular complexity index is 986. The fourth-order valence-corrected chi connectivity index (χ4v) is 2.64. The molecule has 0 saturated heterocycles. The Kier molecular flexibility index (Phi) is 5.13. The van der Waals surface area contributed by atoms with Crippen LogP contribution in [0.1, 0.15) is 21.7 Å². The number of carbonyl (C=O) groups excluding carboxylic acids is 1. The molecule has 26 heavy (non-hydrogen) atoms. The van der Waals surface area contributed by atoms with Crippen molar-refractivity contribution < 1.29 is 13.9 Å². The molecule has 0 N–H and O–H groups in total. The fraction of sp³-hybridized carbons (Fsp3) is 0.0909. The summed E-state index contributed by atoms with van der Waals surface area (Å²) < 4.78 is 10.4. The smallest absolute Gasteiger partial charge is 0.337 e. The highest BCUT2D eigenvalue weighted by Crippen LogP contribution is 2.21. The molecule has 0 bridgehead atoms. The van der Waals surface area contributed by atoms with Crippen LogP contribution in [0.3, 0.4) is 0 Å². The lowest BCUT2D eigenvalue weighted by atomic mass is 10.0. The number of benzene rings is 1. The van der Waals surface area contributed by atoms with Gasteiger partial charge in [0, 0.05) is 5.56 Å². The van der Waals surface area contributed by atoms with E-state index in [0.717, 1.165) is 5.57 Å². The van der Waals surface area contributed by atoms with Crippen LogP contribution >= 0.6 is 0 Å². The van der Waals surface area contributed by atoms with Crippen molar-refractivity contribution in [2.45, 2.75) is 6.42 Å². The predicted molar refractivity (Wildman–Crippen MR) is 102 cm³/mol. The monoisotopic (exact) mass is 346 g/mol. The maximum Gasteiger partial charge on any atom is 0.337 e. The quantitative estimate of drug-likeness (QED) is 0.760. The Hall–Kier alpha value is -3.40. The van der Waals surface area contributed by atoms with Crippen LogP contribution in [0.2, 0.25) is 0 Å². The Balaban J connectivity index is 2.05. The third-order valence-corrected chi connectivity index (χ3v) is 4.07. The molecule has 4 nitrogen and oxygen atoms in total. The molecule has 4 heteroatoms. The van der Waals surface area contributed by atoms with Gasteiger partial charge in [-0.25, -0.2) is 4.79 Å². The van der Waals surface area contributed by atoms with Crippen LogP contribution in [0.4, 0.5) is 0 Å². The molecule has 0 aliphatic heterocycles. The highest BCUT2D eigenvalue weighted by molar-refractivity contribution is 5.89. The number of allylic oxidation sites excluding steroid dienone is 6. The number of esters is 1. The van der Waals surface area contributed by atoms with Gasteiger partial charge in [-0.15, -0.1) is 0 Å². The van der Waals surface area contributed by atoms with Crippen molar-refractivity contribution in [2.24, 2.45) is 0 Å². The Morgan fingerprint density at radius 2 is 1.88 bits per heavy atom. The average Bonchev–Trinajstić information content (AvgIpc) is 2.67. The number of methoxy groups -OCH3 is 1.